The van der Waals surface area contributed by atoms with Crippen LogP contribution in [0.5, 0.6) is 0 Å². The Labute approximate surface area is 115 Å². The van der Waals surface area contributed by atoms with Gasteiger partial charge in [-0.05, 0) is 26.7 Å². The van der Waals surface area contributed by atoms with Gasteiger partial charge in [0.25, 0.3) is 5.85 Å². The van der Waals surface area contributed by atoms with E-state index >= 15 is 0 Å². The summed E-state index contributed by atoms with van der Waals surface area (Å²) in [6, 6.07) is 0. The van der Waals surface area contributed by atoms with Crippen molar-refractivity contribution in [2.24, 2.45) is 0 Å². The summed E-state index contributed by atoms with van der Waals surface area (Å²) >= 11 is 0. The van der Waals surface area contributed by atoms with Gasteiger partial charge in [0.2, 0.25) is 0 Å². The predicted octanol–water partition coefficient (Wildman–Crippen LogP) is 2.96. The molecule has 1 atom stereocenters. The molecule has 0 N–H and O–H groups in total. The first-order valence-electron chi connectivity index (χ1n) is 6.72. The molecule has 0 aromatic heterocycles. The molecule has 6 nitrogen and oxygen atoms in total. The van der Waals surface area contributed by atoms with Crippen molar-refractivity contribution < 1.29 is 27.9 Å². The van der Waals surface area contributed by atoms with E-state index in [0.29, 0.717) is 12.8 Å². The molecule has 0 unspecified atom stereocenters. The van der Waals surface area contributed by atoms with Crippen molar-refractivity contribution in [3.63, 3.8) is 0 Å². The van der Waals surface area contributed by atoms with Crippen LogP contribution in [0.4, 0.5) is 0 Å². The molecule has 0 aliphatic rings. The van der Waals surface area contributed by atoms with Crippen LogP contribution in [0.3, 0.4) is 0 Å². The van der Waals surface area contributed by atoms with Crippen LogP contribution in [0.2, 0.25) is 0 Å². The second kappa shape index (κ2) is 10.4. The average Bonchev–Trinajstić information content (AvgIpc) is 2.37. The number of rotatable bonds is 11. The molecule has 0 saturated carbocycles. The molecule has 0 amide bonds. The minimum atomic E-state index is -3.65. The minimum Gasteiger partial charge on any atom is -0.463 e. The van der Waals surface area contributed by atoms with E-state index in [0.717, 1.165) is 0 Å². The first-order valence-corrected chi connectivity index (χ1v) is 8.33. The van der Waals surface area contributed by atoms with E-state index < -0.39 is 19.4 Å². The van der Waals surface area contributed by atoms with Crippen LogP contribution >= 0.6 is 7.60 Å². The maximum Gasteiger partial charge on any atom is 0.370 e. The number of hydrogen-bond acceptors (Lipinski definition) is 6. The third kappa shape index (κ3) is 6.52. The number of hydrogen-bond donors (Lipinski definition) is 0. The van der Waals surface area contributed by atoms with Gasteiger partial charge in [0, 0.05) is 6.61 Å². The SMILES string of the molecule is CCCOC(=O)[C@@H](OCCC)P(=O)(OCC)OCC. The fourth-order valence-corrected chi connectivity index (χ4v) is 3.01. The average molecular weight is 296 g/mol. The van der Waals surface area contributed by atoms with Crippen LogP contribution in [0.25, 0.3) is 0 Å². The lowest BCUT2D eigenvalue weighted by atomic mass is 10.5. The van der Waals surface area contributed by atoms with E-state index in [9.17, 15) is 9.36 Å². The summed E-state index contributed by atoms with van der Waals surface area (Å²) in [5.74, 6) is -2.00. The van der Waals surface area contributed by atoms with Gasteiger partial charge in [-0.3, -0.25) is 4.57 Å². The normalized spacial score (nSPS) is 13.3. The summed E-state index contributed by atoms with van der Waals surface area (Å²) in [4.78, 5) is 11.9. The van der Waals surface area contributed by atoms with Crippen molar-refractivity contribution in [1.29, 1.82) is 0 Å². The highest BCUT2D eigenvalue weighted by molar-refractivity contribution is 7.55. The lowest BCUT2D eigenvalue weighted by molar-refractivity contribution is -0.153. The van der Waals surface area contributed by atoms with Crippen LogP contribution in [0, 0.1) is 0 Å². The maximum atomic E-state index is 12.6. The third-order valence-corrected chi connectivity index (χ3v) is 4.21. The molecule has 0 heterocycles. The molecule has 0 aliphatic carbocycles. The molecule has 0 aromatic carbocycles. The van der Waals surface area contributed by atoms with Gasteiger partial charge >= 0.3 is 13.6 Å². The second-order valence-corrected chi connectivity index (χ2v) is 5.83. The van der Waals surface area contributed by atoms with Crippen molar-refractivity contribution in [3.8, 4) is 0 Å². The highest BCUT2D eigenvalue weighted by Crippen LogP contribution is 2.53. The van der Waals surface area contributed by atoms with Gasteiger partial charge in [-0.2, -0.15) is 0 Å². The van der Waals surface area contributed by atoms with E-state index in [2.05, 4.69) is 0 Å². The molecule has 0 fully saturated rings. The van der Waals surface area contributed by atoms with Crippen LogP contribution < -0.4 is 0 Å². The quantitative estimate of drug-likeness (QED) is 0.431. The summed E-state index contributed by atoms with van der Waals surface area (Å²) < 4.78 is 33.2. The van der Waals surface area contributed by atoms with Gasteiger partial charge in [0.15, 0.2) is 0 Å². The summed E-state index contributed by atoms with van der Waals surface area (Å²) in [5.41, 5.74) is 0. The number of carbonyl (C=O) groups is 1. The number of carbonyl (C=O) groups excluding carboxylic acids is 1. The number of ether oxygens (including phenoxy) is 2. The van der Waals surface area contributed by atoms with Gasteiger partial charge in [0.05, 0.1) is 19.8 Å². The molecule has 0 rings (SSSR count). The molecule has 0 radical (unpaired) electrons. The van der Waals surface area contributed by atoms with Crippen LogP contribution in [-0.2, 0) is 27.9 Å². The molecule has 0 aliphatic heterocycles. The third-order valence-electron chi connectivity index (χ3n) is 2.04. The summed E-state index contributed by atoms with van der Waals surface area (Å²) in [5, 5.41) is 0. The molecular formula is C12H25O6P. The fourth-order valence-electron chi connectivity index (χ4n) is 1.32. The molecular weight excluding hydrogens is 271 g/mol. The van der Waals surface area contributed by atoms with Gasteiger partial charge in [-0.15, -0.1) is 0 Å². The largest absolute Gasteiger partial charge is 0.463 e. The van der Waals surface area contributed by atoms with Crippen molar-refractivity contribution in [3.05, 3.63) is 0 Å². The molecule has 19 heavy (non-hydrogen) atoms. The summed E-state index contributed by atoms with van der Waals surface area (Å²) in [6.45, 7) is 8.01. The van der Waals surface area contributed by atoms with Gasteiger partial charge in [-0.1, -0.05) is 13.8 Å². The van der Waals surface area contributed by atoms with Crippen molar-refractivity contribution in [2.75, 3.05) is 26.4 Å². The zero-order valence-corrected chi connectivity index (χ0v) is 13.1. The van der Waals surface area contributed by atoms with Crippen LogP contribution in [0.15, 0.2) is 0 Å². The Morgan fingerprint density at radius 2 is 1.53 bits per heavy atom. The molecule has 114 valence electrons. The number of esters is 1. The first-order chi connectivity index (χ1) is 9.05. The van der Waals surface area contributed by atoms with Gasteiger partial charge in [-0.25, -0.2) is 4.79 Å². The first kappa shape index (κ1) is 18.6. The second-order valence-electron chi connectivity index (χ2n) is 3.77. The monoisotopic (exact) mass is 296 g/mol. The minimum absolute atomic E-state index is 0.171. The smallest absolute Gasteiger partial charge is 0.370 e. The van der Waals surface area contributed by atoms with E-state index in [1.165, 1.54) is 0 Å². The fraction of sp³-hybridized carbons (Fsp3) is 0.917. The lowest BCUT2D eigenvalue weighted by Crippen LogP contribution is -2.29. The predicted molar refractivity (Wildman–Crippen MR) is 72.1 cm³/mol. The van der Waals surface area contributed by atoms with E-state index in [1.807, 2.05) is 13.8 Å². The van der Waals surface area contributed by atoms with Crippen molar-refractivity contribution in [2.45, 2.75) is 46.4 Å². The molecule has 0 spiro atoms. The Morgan fingerprint density at radius 3 is 1.95 bits per heavy atom. The van der Waals surface area contributed by atoms with Gasteiger partial charge < -0.3 is 18.5 Å². The summed E-state index contributed by atoms with van der Waals surface area (Å²) in [7, 11) is -3.65. The highest BCUT2D eigenvalue weighted by Gasteiger charge is 2.43. The van der Waals surface area contributed by atoms with Crippen molar-refractivity contribution >= 4 is 13.6 Å². The molecule has 0 saturated heterocycles. The Hall–Kier alpha value is -0.420. The van der Waals surface area contributed by atoms with E-state index in [-0.39, 0.29) is 26.4 Å². The lowest BCUT2D eigenvalue weighted by Gasteiger charge is -2.24. The Balaban J connectivity index is 4.94. The van der Waals surface area contributed by atoms with Crippen LogP contribution in [-0.4, -0.2) is 38.2 Å². The topological polar surface area (TPSA) is 71.1 Å². The molecule has 0 aromatic rings. The van der Waals surface area contributed by atoms with Crippen molar-refractivity contribution in [1.82, 2.24) is 0 Å². The van der Waals surface area contributed by atoms with Gasteiger partial charge in [0.1, 0.15) is 0 Å². The van der Waals surface area contributed by atoms with E-state index in [1.54, 1.807) is 13.8 Å². The summed E-state index contributed by atoms with van der Waals surface area (Å²) in [6.07, 6.45) is 1.37. The Morgan fingerprint density at radius 1 is 1.00 bits per heavy atom. The standard InChI is InChI=1S/C12H25O6P/c1-5-9-15-11(13)12(16-10-6-2)19(14,17-7-3)18-8-4/h12H,5-10H2,1-4H3/t12-/m0/s1. The van der Waals surface area contributed by atoms with E-state index in [4.69, 9.17) is 18.5 Å². The maximum absolute atomic E-state index is 12.6. The molecule has 7 heteroatoms. The van der Waals surface area contributed by atoms with Crippen LogP contribution in [0.1, 0.15) is 40.5 Å². The Bertz CT molecular complexity index is 284. The zero-order chi connectivity index (χ0) is 14.7. The highest BCUT2D eigenvalue weighted by atomic mass is 31.2. The molecule has 0 bridgehead atoms. The zero-order valence-electron chi connectivity index (χ0n) is 12.2. The Kier molecular flexibility index (Phi) is 10.1.